The molecule has 1 nitrogen and oxygen atoms in total. The number of rotatable bonds is 1. The van der Waals surface area contributed by atoms with E-state index in [2.05, 4.69) is 48.5 Å². The van der Waals surface area contributed by atoms with Gasteiger partial charge in [-0.05, 0) is 23.3 Å². The molecule has 78 valence electrons. The lowest BCUT2D eigenvalue weighted by Crippen LogP contribution is -2.28. The van der Waals surface area contributed by atoms with Crippen LogP contribution in [0.15, 0.2) is 59.6 Å². The van der Waals surface area contributed by atoms with Crippen LogP contribution in [0.4, 0.5) is 0 Å². The van der Waals surface area contributed by atoms with E-state index in [1.165, 1.54) is 10.8 Å². The molecule has 1 aliphatic rings. The van der Waals surface area contributed by atoms with Crippen LogP contribution in [0.2, 0.25) is 0 Å². The molecule has 0 unspecified atom stereocenters. The Labute approximate surface area is 94.8 Å². The average molecular weight is 207 g/mol. The third-order valence-electron chi connectivity index (χ3n) is 2.98. The zero-order chi connectivity index (χ0) is 10.8. The second kappa shape index (κ2) is 3.93. The van der Waals surface area contributed by atoms with E-state index in [4.69, 9.17) is 4.99 Å². The Bertz CT molecular complexity index is 599. The molecule has 0 saturated carbocycles. The van der Waals surface area contributed by atoms with E-state index in [0.717, 1.165) is 11.8 Å². The highest BCUT2D eigenvalue weighted by atomic mass is 14.8. The van der Waals surface area contributed by atoms with Gasteiger partial charge < -0.3 is 0 Å². The summed E-state index contributed by atoms with van der Waals surface area (Å²) in [6.07, 6.45) is 3.28. The second-order valence-corrected chi connectivity index (χ2v) is 4.05. The Morgan fingerprint density at radius 1 is 0.875 bits per heavy atom. The van der Waals surface area contributed by atoms with Gasteiger partial charge in [0.2, 0.25) is 0 Å². The van der Waals surface area contributed by atoms with Gasteiger partial charge in [-0.15, -0.1) is 0 Å². The number of hydrogen-bond donors (Lipinski definition) is 0. The van der Waals surface area contributed by atoms with Crippen LogP contribution in [0.1, 0.15) is 18.0 Å². The third kappa shape index (κ3) is 1.65. The van der Waals surface area contributed by atoms with Gasteiger partial charge in [0.25, 0.3) is 0 Å². The SMILES string of the molecule is C1=c2ccccc2=N[C@H](c2ccccc2)C1. The highest BCUT2D eigenvalue weighted by Crippen LogP contribution is 2.21. The van der Waals surface area contributed by atoms with Crippen LogP contribution in [0.5, 0.6) is 0 Å². The van der Waals surface area contributed by atoms with Crippen molar-refractivity contribution in [3.8, 4) is 0 Å². The van der Waals surface area contributed by atoms with Gasteiger partial charge in [-0.2, -0.15) is 0 Å². The van der Waals surface area contributed by atoms with E-state index >= 15 is 0 Å². The normalized spacial score (nSPS) is 18.1. The molecule has 2 aromatic rings. The molecule has 3 rings (SSSR count). The third-order valence-corrected chi connectivity index (χ3v) is 2.98. The number of hydrogen-bond acceptors (Lipinski definition) is 1. The molecule has 0 aromatic heterocycles. The quantitative estimate of drug-likeness (QED) is 0.680. The molecule has 0 N–H and O–H groups in total. The minimum atomic E-state index is 0.288. The van der Waals surface area contributed by atoms with E-state index in [0.29, 0.717) is 0 Å². The molecule has 0 amide bonds. The van der Waals surface area contributed by atoms with Crippen molar-refractivity contribution < 1.29 is 0 Å². The van der Waals surface area contributed by atoms with E-state index in [9.17, 15) is 0 Å². The molecule has 1 atom stereocenters. The van der Waals surface area contributed by atoms with Gasteiger partial charge in [0.1, 0.15) is 0 Å². The lowest BCUT2D eigenvalue weighted by Gasteiger charge is -2.13. The van der Waals surface area contributed by atoms with Crippen molar-refractivity contribution in [1.29, 1.82) is 0 Å². The van der Waals surface area contributed by atoms with Crippen molar-refractivity contribution in [2.45, 2.75) is 12.5 Å². The Morgan fingerprint density at radius 3 is 2.50 bits per heavy atom. The molecule has 16 heavy (non-hydrogen) atoms. The van der Waals surface area contributed by atoms with Crippen LogP contribution in [0.3, 0.4) is 0 Å². The number of fused-ring (bicyclic) bond motifs is 1. The Balaban J connectivity index is 2.08. The lowest BCUT2D eigenvalue weighted by atomic mass is 10.0. The van der Waals surface area contributed by atoms with Crippen molar-refractivity contribution in [3.05, 3.63) is 70.7 Å². The highest BCUT2D eigenvalue weighted by Gasteiger charge is 2.09. The fourth-order valence-electron chi connectivity index (χ4n) is 2.12. The maximum Gasteiger partial charge on any atom is 0.0791 e. The molecule has 0 saturated heterocycles. The van der Waals surface area contributed by atoms with Crippen molar-refractivity contribution in [2.24, 2.45) is 4.99 Å². The summed E-state index contributed by atoms with van der Waals surface area (Å²) in [6, 6.07) is 19.1. The van der Waals surface area contributed by atoms with Crippen LogP contribution in [-0.4, -0.2) is 0 Å². The van der Waals surface area contributed by atoms with Gasteiger partial charge in [-0.1, -0.05) is 54.6 Å². The summed E-state index contributed by atoms with van der Waals surface area (Å²) >= 11 is 0. The summed E-state index contributed by atoms with van der Waals surface area (Å²) in [7, 11) is 0. The van der Waals surface area contributed by atoms with Gasteiger partial charge in [0.05, 0.1) is 11.4 Å². The summed E-state index contributed by atoms with van der Waals surface area (Å²) in [5.41, 5.74) is 1.30. The number of benzene rings is 2. The molecule has 1 heteroatoms. The van der Waals surface area contributed by atoms with Gasteiger partial charge >= 0.3 is 0 Å². The first-order valence-electron chi connectivity index (χ1n) is 5.61. The molecule has 0 spiro atoms. The first kappa shape index (κ1) is 9.34. The van der Waals surface area contributed by atoms with Crippen LogP contribution in [0.25, 0.3) is 6.08 Å². The molecule has 0 aliphatic carbocycles. The van der Waals surface area contributed by atoms with Gasteiger partial charge in [-0.25, -0.2) is 0 Å². The first-order valence-corrected chi connectivity index (χ1v) is 5.61. The standard InChI is InChI=1S/C15H13N/c1-2-6-12(7-3-1)15-11-10-13-8-4-5-9-14(13)16-15/h1-10,15H,11H2/t15-/m0/s1. The van der Waals surface area contributed by atoms with E-state index in [-0.39, 0.29) is 6.04 Å². The molecule has 0 radical (unpaired) electrons. The van der Waals surface area contributed by atoms with Crippen molar-refractivity contribution in [2.75, 3.05) is 0 Å². The topological polar surface area (TPSA) is 12.4 Å². The monoisotopic (exact) mass is 207 g/mol. The maximum atomic E-state index is 4.78. The number of para-hydroxylation sites is 1. The van der Waals surface area contributed by atoms with Crippen molar-refractivity contribution in [1.82, 2.24) is 0 Å². The van der Waals surface area contributed by atoms with Gasteiger partial charge in [-0.3, -0.25) is 4.99 Å². The summed E-state index contributed by atoms with van der Waals surface area (Å²) in [5, 5.41) is 2.37. The second-order valence-electron chi connectivity index (χ2n) is 4.05. The maximum absolute atomic E-state index is 4.78. The van der Waals surface area contributed by atoms with Crippen molar-refractivity contribution in [3.63, 3.8) is 0 Å². The molecular weight excluding hydrogens is 194 g/mol. The Hall–Kier alpha value is -1.89. The van der Waals surface area contributed by atoms with E-state index < -0.39 is 0 Å². The molecule has 1 heterocycles. The van der Waals surface area contributed by atoms with Crippen molar-refractivity contribution >= 4 is 6.08 Å². The predicted octanol–water partition coefficient (Wildman–Crippen LogP) is 2.23. The van der Waals surface area contributed by atoms with E-state index in [1.54, 1.807) is 0 Å². The molecule has 1 aliphatic heterocycles. The number of nitrogens with zero attached hydrogens (tertiary/aromatic N) is 1. The molecule has 2 aromatic carbocycles. The summed E-state index contributed by atoms with van der Waals surface area (Å²) in [4.78, 5) is 4.78. The Morgan fingerprint density at radius 2 is 1.62 bits per heavy atom. The predicted molar refractivity (Wildman–Crippen MR) is 65.5 cm³/mol. The Kier molecular flexibility index (Phi) is 2.30. The lowest BCUT2D eigenvalue weighted by molar-refractivity contribution is 0.722. The van der Waals surface area contributed by atoms with Crippen LogP contribution >= 0.6 is 0 Å². The molecule has 0 bridgehead atoms. The summed E-state index contributed by atoms with van der Waals surface area (Å²) in [6.45, 7) is 0. The van der Waals surface area contributed by atoms with Gasteiger partial charge in [0, 0.05) is 0 Å². The van der Waals surface area contributed by atoms with E-state index in [1.807, 2.05) is 12.1 Å². The van der Waals surface area contributed by atoms with Gasteiger partial charge in [0.15, 0.2) is 0 Å². The average Bonchev–Trinajstić information content (AvgIpc) is 2.39. The van der Waals surface area contributed by atoms with Crippen LogP contribution < -0.4 is 10.6 Å². The molecular formula is C15H13N. The molecule has 0 fully saturated rings. The minimum absolute atomic E-state index is 0.288. The smallest absolute Gasteiger partial charge is 0.0791 e. The van der Waals surface area contributed by atoms with Crippen LogP contribution in [-0.2, 0) is 0 Å². The minimum Gasteiger partial charge on any atom is -0.276 e. The fourth-order valence-corrected chi connectivity index (χ4v) is 2.12. The zero-order valence-corrected chi connectivity index (χ0v) is 9.01. The largest absolute Gasteiger partial charge is 0.276 e. The summed E-state index contributed by atoms with van der Waals surface area (Å²) < 4.78 is 0. The zero-order valence-electron chi connectivity index (χ0n) is 9.01. The highest BCUT2D eigenvalue weighted by molar-refractivity contribution is 5.31. The summed E-state index contributed by atoms with van der Waals surface area (Å²) in [5.74, 6) is 0. The van der Waals surface area contributed by atoms with Crippen LogP contribution in [0, 0.1) is 0 Å². The fraction of sp³-hybridized carbons (Fsp3) is 0.133. The first-order chi connectivity index (χ1) is 7.93.